The van der Waals surface area contributed by atoms with E-state index in [1.54, 1.807) is 30.9 Å². The fourth-order valence-electron chi connectivity index (χ4n) is 4.13. The van der Waals surface area contributed by atoms with E-state index >= 15 is 0 Å². The van der Waals surface area contributed by atoms with Crippen molar-refractivity contribution in [1.82, 2.24) is 19.5 Å². The summed E-state index contributed by atoms with van der Waals surface area (Å²) < 4.78 is 20.6. The summed E-state index contributed by atoms with van der Waals surface area (Å²) in [5.74, 6) is 0.261. The maximum Gasteiger partial charge on any atom is 0.291 e. The van der Waals surface area contributed by atoms with Crippen LogP contribution in [0.2, 0.25) is 10.0 Å². The number of halogens is 2. The first-order valence-electron chi connectivity index (χ1n) is 13.2. The molecule has 5 rings (SSSR count). The lowest BCUT2D eigenvalue weighted by Gasteiger charge is -2.30. The van der Waals surface area contributed by atoms with Crippen molar-refractivity contribution in [3.05, 3.63) is 109 Å². The summed E-state index contributed by atoms with van der Waals surface area (Å²) in [5, 5.41) is 31.5. The second kappa shape index (κ2) is 16.9. The Kier molecular flexibility index (Phi) is 13.0. The predicted octanol–water partition coefficient (Wildman–Crippen LogP) is 5.12. The van der Waals surface area contributed by atoms with E-state index in [1.807, 2.05) is 47.2 Å². The van der Waals surface area contributed by atoms with Gasteiger partial charge in [0.2, 0.25) is 11.7 Å². The molecule has 2 aromatic heterocycles. The Labute approximate surface area is 266 Å². The van der Waals surface area contributed by atoms with E-state index in [0.29, 0.717) is 41.3 Å². The number of rotatable bonds is 10. The highest BCUT2D eigenvalue weighted by Gasteiger charge is 2.45. The average molecular weight is 666 g/mol. The second-order valence-electron chi connectivity index (χ2n) is 9.17. The molecule has 0 radical (unpaired) electrons. The highest BCUT2D eigenvalue weighted by molar-refractivity contribution is 6.35. The maximum absolute atomic E-state index is 8.36. The van der Waals surface area contributed by atoms with E-state index in [4.69, 9.17) is 68.1 Å². The zero-order chi connectivity index (χ0) is 32.8. The molecule has 0 saturated carbocycles. The minimum absolute atomic E-state index is 0.302. The smallest absolute Gasteiger partial charge is 0.291 e. The molecule has 1 saturated heterocycles. The number of ether oxygens (including phenoxy) is 3. The fraction of sp³-hybridized carbons (Fsp3) is 0.296. The first-order valence-corrected chi connectivity index (χ1v) is 14.0. The van der Waals surface area contributed by atoms with Crippen molar-refractivity contribution in [1.29, 1.82) is 0 Å². The monoisotopic (exact) mass is 665 g/mol. The van der Waals surface area contributed by atoms with Crippen molar-refractivity contribution >= 4 is 29.2 Å². The van der Waals surface area contributed by atoms with Gasteiger partial charge in [-0.1, -0.05) is 36.2 Å². The predicted molar refractivity (Wildman–Crippen MR) is 160 cm³/mol. The lowest BCUT2D eigenvalue weighted by atomic mass is 10.1. The van der Waals surface area contributed by atoms with Crippen LogP contribution >= 0.6 is 23.2 Å². The number of nitrogens with zero attached hydrogens (tertiary/aromatic N) is 6. The molecule has 1 aliphatic rings. The highest BCUT2D eigenvalue weighted by Crippen LogP contribution is 2.40. The number of hydrogen-bond acceptors (Lipinski definition) is 11. The first kappa shape index (κ1) is 34.7. The van der Waals surface area contributed by atoms with E-state index < -0.39 is 16.0 Å². The molecule has 0 unspecified atom stereocenters. The summed E-state index contributed by atoms with van der Waals surface area (Å²) in [7, 11) is 0. The van der Waals surface area contributed by atoms with Crippen LogP contribution in [0.15, 0.2) is 73.4 Å². The number of anilines is 1. The highest BCUT2D eigenvalue weighted by atomic mass is 35.5. The molecule has 2 atom stereocenters. The van der Waals surface area contributed by atoms with Crippen LogP contribution in [0, 0.1) is 20.2 Å². The first-order chi connectivity index (χ1) is 21.5. The molecule has 1 aliphatic heterocycles. The number of imidazole rings is 1. The molecule has 240 valence electrons. The molecule has 0 amide bonds. The summed E-state index contributed by atoms with van der Waals surface area (Å²) in [6, 6.07) is 15.0. The molecule has 0 spiro atoms. The SMILES string of the molecule is CCCNc1nccc(-c2ccc(OC[C@@H]3CO[C@@](Cn4ccnc4)(c4ccc(Cl)cc4Cl)O3)cc2)n1.O=[N+]([O-])O.O=[N+]([O-])O. The summed E-state index contributed by atoms with van der Waals surface area (Å²) >= 11 is 12.7. The third-order valence-electron chi connectivity index (χ3n) is 5.93. The minimum Gasteiger partial charge on any atom is -0.491 e. The Morgan fingerprint density at radius 2 is 1.82 bits per heavy atom. The molecule has 4 aromatic rings. The van der Waals surface area contributed by atoms with Crippen LogP contribution < -0.4 is 10.1 Å². The lowest BCUT2D eigenvalue weighted by molar-refractivity contribution is -0.742. The summed E-state index contributed by atoms with van der Waals surface area (Å²) in [5.41, 5.74) is 2.53. The van der Waals surface area contributed by atoms with E-state index in [1.165, 1.54) is 0 Å². The van der Waals surface area contributed by atoms with Crippen LogP contribution in [-0.4, -0.2) is 66.0 Å². The van der Waals surface area contributed by atoms with Crippen LogP contribution in [0.1, 0.15) is 18.9 Å². The molecule has 1 fully saturated rings. The zero-order valence-corrected chi connectivity index (χ0v) is 25.2. The quantitative estimate of drug-likeness (QED) is 0.148. The van der Waals surface area contributed by atoms with Crippen LogP contribution in [0.5, 0.6) is 5.75 Å². The molecular weight excluding hydrogens is 637 g/mol. The normalized spacial score (nSPS) is 16.8. The third kappa shape index (κ3) is 11.0. The van der Waals surface area contributed by atoms with Gasteiger partial charge in [0.15, 0.2) is 0 Å². The summed E-state index contributed by atoms with van der Waals surface area (Å²) in [6.45, 7) is 3.98. The van der Waals surface area contributed by atoms with Gasteiger partial charge in [-0.15, -0.1) is 20.2 Å². The van der Waals surface area contributed by atoms with E-state index in [-0.39, 0.29) is 6.10 Å². The van der Waals surface area contributed by atoms with Gasteiger partial charge in [0.05, 0.1) is 30.2 Å². The van der Waals surface area contributed by atoms with Crippen LogP contribution in [0.4, 0.5) is 5.95 Å². The van der Waals surface area contributed by atoms with Gasteiger partial charge < -0.3 is 34.5 Å². The number of hydrogen-bond donors (Lipinski definition) is 3. The Hall–Kier alpha value is -4.77. The number of nitrogens with one attached hydrogen (secondary N) is 1. The van der Waals surface area contributed by atoms with E-state index in [2.05, 4.69) is 27.2 Å². The Bertz CT molecular complexity index is 1510. The summed E-state index contributed by atoms with van der Waals surface area (Å²) in [6.07, 6.45) is 7.73. The van der Waals surface area contributed by atoms with Crippen molar-refractivity contribution in [2.45, 2.75) is 31.8 Å². The van der Waals surface area contributed by atoms with E-state index in [9.17, 15) is 0 Å². The van der Waals surface area contributed by atoms with Crippen LogP contribution in [-0.2, 0) is 21.8 Å². The molecule has 0 bridgehead atoms. The van der Waals surface area contributed by atoms with Crippen molar-refractivity contribution in [2.75, 3.05) is 25.1 Å². The Balaban J connectivity index is 0.000000619. The van der Waals surface area contributed by atoms with Crippen LogP contribution in [0.3, 0.4) is 0 Å². The van der Waals surface area contributed by atoms with Gasteiger partial charge in [-0.25, -0.2) is 15.0 Å². The Morgan fingerprint density at radius 3 is 2.44 bits per heavy atom. The van der Waals surface area contributed by atoms with Gasteiger partial charge in [0.25, 0.3) is 10.2 Å². The zero-order valence-electron chi connectivity index (χ0n) is 23.7. The number of aromatic nitrogens is 4. The molecule has 2 aromatic carbocycles. The summed E-state index contributed by atoms with van der Waals surface area (Å²) in [4.78, 5) is 29.7. The average Bonchev–Trinajstić information content (AvgIpc) is 3.65. The van der Waals surface area contributed by atoms with Gasteiger partial charge in [-0.3, -0.25) is 0 Å². The minimum atomic E-state index is -1.50. The molecule has 3 heterocycles. The van der Waals surface area contributed by atoms with Crippen molar-refractivity contribution in [3.63, 3.8) is 0 Å². The molecule has 45 heavy (non-hydrogen) atoms. The van der Waals surface area contributed by atoms with Gasteiger partial charge in [0.1, 0.15) is 18.5 Å². The van der Waals surface area contributed by atoms with E-state index in [0.717, 1.165) is 30.0 Å². The third-order valence-corrected chi connectivity index (χ3v) is 6.47. The molecule has 16 nitrogen and oxygen atoms in total. The standard InChI is InChI=1S/C27H27Cl2N5O3.2HNO3/c1-2-10-31-26-32-11-9-25(33-26)19-3-6-21(7-4-19)35-15-22-16-36-27(37-22,17-34-13-12-30-18-34)23-8-5-20(28)14-24(23)29;2*2-1(3)4/h3-9,11-14,18,22H,2,10,15-17H2,1H3,(H,31,32,33);2*(H,2,3,4)/t22-,27-;;/m1../s1. The molecule has 0 aliphatic carbocycles. The van der Waals surface area contributed by atoms with Gasteiger partial charge in [-0.2, -0.15) is 0 Å². The topological polar surface area (TPSA) is 210 Å². The number of benzene rings is 2. The molecule has 18 heteroatoms. The van der Waals surface area contributed by atoms with Gasteiger partial charge >= 0.3 is 0 Å². The molecule has 3 N–H and O–H groups in total. The van der Waals surface area contributed by atoms with Crippen molar-refractivity contribution in [2.24, 2.45) is 0 Å². The molecular formula is C27H29Cl2N7O9. The second-order valence-corrected chi connectivity index (χ2v) is 10.0. The maximum atomic E-state index is 8.36. The fourth-order valence-corrected chi connectivity index (χ4v) is 4.68. The van der Waals surface area contributed by atoms with Crippen molar-refractivity contribution < 1.29 is 34.8 Å². The largest absolute Gasteiger partial charge is 0.491 e. The Morgan fingerprint density at radius 1 is 1.11 bits per heavy atom. The lowest BCUT2D eigenvalue weighted by Crippen LogP contribution is -2.34. The van der Waals surface area contributed by atoms with Crippen LogP contribution in [0.25, 0.3) is 11.3 Å². The van der Waals surface area contributed by atoms with Gasteiger partial charge in [-0.05, 0) is 48.9 Å². The van der Waals surface area contributed by atoms with Gasteiger partial charge in [0, 0.05) is 41.3 Å². The van der Waals surface area contributed by atoms with Crippen molar-refractivity contribution in [3.8, 4) is 17.0 Å².